The van der Waals surface area contributed by atoms with Crippen LogP contribution >= 0.6 is 11.8 Å². The van der Waals surface area contributed by atoms with Crippen LogP contribution in [0, 0.1) is 6.92 Å². The minimum absolute atomic E-state index is 0.000278. The summed E-state index contributed by atoms with van der Waals surface area (Å²) in [6.45, 7) is 4.49. The molecule has 2 atom stereocenters. The van der Waals surface area contributed by atoms with Gasteiger partial charge in [-0.2, -0.15) is 0 Å². The van der Waals surface area contributed by atoms with Crippen molar-refractivity contribution in [1.82, 2.24) is 10.1 Å². The Kier molecular flexibility index (Phi) is 5.26. The number of nitrogens with zero attached hydrogens (tertiary/aromatic N) is 2. The lowest BCUT2D eigenvalue weighted by Gasteiger charge is -2.23. The van der Waals surface area contributed by atoms with Crippen molar-refractivity contribution in [3.05, 3.63) is 47.3 Å². The van der Waals surface area contributed by atoms with E-state index < -0.39 is 0 Å². The van der Waals surface area contributed by atoms with Gasteiger partial charge in [-0.15, -0.1) is 11.8 Å². The average Bonchev–Trinajstić information content (AvgIpc) is 3.21. The molecule has 0 spiro atoms. The second kappa shape index (κ2) is 7.40. The Morgan fingerprint density at radius 2 is 2.21 bits per heavy atom. The second-order valence-corrected chi connectivity index (χ2v) is 7.47. The predicted molar refractivity (Wildman–Crippen MR) is 93.1 cm³/mol. The van der Waals surface area contributed by atoms with E-state index in [4.69, 9.17) is 4.52 Å². The van der Waals surface area contributed by atoms with Crippen molar-refractivity contribution in [2.75, 3.05) is 13.2 Å². The number of amides is 1. The van der Waals surface area contributed by atoms with Crippen molar-refractivity contribution in [3.63, 3.8) is 0 Å². The number of benzene rings is 1. The smallest absolute Gasteiger partial charge is 0.259 e. The first-order chi connectivity index (χ1) is 11.6. The van der Waals surface area contributed by atoms with Crippen LogP contribution in [0.15, 0.2) is 39.8 Å². The molecular weight excluding hydrogens is 324 g/mol. The number of hydrogen-bond acceptors (Lipinski definition) is 5. The largest absolute Gasteiger partial charge is 0.394 e. The maximum atomic E-state index is 13.0. The van der Waals surface area contributed by atoms with E-state index in [1.54, 1.807) is 23.6 Å². The van der Waals surface area contributed by atoms with Crippen LogP contribution in [0.5, 0.6) is 0 Å². The zero-order valence-electron chi connectivity index (χ0n) is 13.9. The van der Waals surface area contributed by atoms with Gasteiger partial charge in [0.25, 0.3) is 5.91 Å². The Morgan fingerprint density at radius 1 is 1.46 bits per heavy atom. The highest BCUT2D eigenvalue weighted by atomic mass is 32.2. The monoisotopic (exact) mass is 346 g/mol. The molecule has 1 aliphatic heterocycles. The number of likely N-dealkylation sites (tertiary alicyclic amines) is 1. The zero-order chi connectivity index (χ0) is 17.1. The molecule has 5 nitrogen and oxygen atoms in total. The number of aliphatic hydroxyl groups excluding tert-OH is 1. The van der Waals surface area contributed by atoms with Crippen LogP contribution in [0.2, 0.25) is 0 Å². The average molecular weight is 346 g/mol. The van der Waals surface area contributed by atoms with Gasteiger partial charge in [-0.25, -0.2) is 0 Å². The lowest BCUT2D eigenvalue weighted by atomic mass is 10.1. The Morgan fingerprint density at radius 3 is 2.92 bits per heavy atom. The topological polar surface area (TPSA) is 66.6 Å². The first kappa shape index (κ1) is 17.0. The van der Waals surface area contributed by atoms with Gasteiger partial charge in [0.05, 0.1) is 23.6 Å². The van der Waals surface area contributed by atoms with Gasteiger partial charge >= 0.3 is 0 Å². The molecule has 1 fully saturated rings. The van der Waals surface area contributed by atoms with E-state index in [-0.39, 0.29) is 23.8 Å². The molecule has 0 saturated carbocycles. The molecule has 1 saturated heterocycles. The molecule has 1 aromatic carbocycles. The maximum Gasteiger partial charge on any atom is 0.259 e. The number of carbonyl (C=O) groups excluding carboxylic acids is 1. The van der Waals surface area contributed by atoms with Crippen LogP contribution in [0.3, 0.4) is 0 Å². The van der Waals surface area contributed by atoms with E-state index in [2.05, 4.69) is 5.16 Å². The summed E-state index contributed by atoms with van der Waals surface area (Å²) in [5.74, 6) is 0.524. The molecule has 2 aromatic rings. The van der Waals surface area contributed by atoms with Gasteiger partial charge < -0.3 is 14.5 Å². The highest BCUT2D eigenvalue weighted by Crippen LogP contribution is 2.37. The number of aryl methyl sites for hydroxylation is 1. The number of hydrogen-bond donors (Lipinski definition) is 1. The summed E-state index contributed by atoms with van der Waals surface area (Å²) in [6, 6.07) is 9.93. The van der Waals surface area contributed by atoms with Crippen molar-refractivity contribution >= 4 is 17.7 Å². The molecule has 0 radical (unpaired) electrons. The van der Waals surface area contributed by atoms with E-state index in [9.17, 15) is 9.90 Å². The molecule has 128 valence electrons. The minimum Gasteiger partial charge on any atom is -0.394 e. The Balaban J connectivity index is 1.84. The summed E-state index contributed by atoms with van der Waals surface area (Å²) in [5, 5.41) is 13.5. The summed E-state index contributed by atoms with van der Waals surface area (Å²) in [7, 11) is 0. The summed E-state index contributed by atoms with van der Waals surface area (Å²) < 4.78 is 5.50. The predicted octanol–water partition coefficient (Wildman–Crippen LogP) is 3.43. The second-order valence-electron chi connectivity index (χ2n) is 6.06. The fraction of sp³-hybridized carbons (Fsp3) is 0.444. The summed E-state index contributed by atoms with van der Waals surface area (Å²) in [4.78, 5) is 15.9. The van der Waals surface area contributed by atoms with Crippen molar-refractivity contribution in [1.29, 1.82) is 0 Å². The number of rotatable bonds is 5. The molecule has 0 aliphatic carbocycles. The van der Waals surface area contributed by atoms with Gasteiger partial charge in [-0.3, -0.25) is 4.79 Å². The summed E-state index contributed by atoms with van der Waals surface area (Å²) in [5.41, 5.74) is 1.16. The number of aliphatic hydroxyl groups is 1. The molecule has 24 heavy (non-hydrogen) atoms. The van der Waals surface area contributed by atoms with E-state index in [1.165, 1.54) is 0 Å². The van der Waals surface area contributed by atoms with Gasteiger partial charge in [0.15, 0.2) is 5.76 Å². The molecule has 1 N–H and O–H groups in total. The van der Waals surface area contributed by atoms with Crippen molar-refractivity contribution in [3.8, 4) is 0 Å². The van der Waals surface area contributed by atoms with E-state index in [0.717, 1.165) is 17.7 Å². The minimum atomic E-state index is -0.100. The van der Waals surface area contributed by atoms with Gasteiger partial charge in [0, 0.05) is 11.4 Å². The van der Waals surface area contributed by atoms with Crippen LogP contribution in [0.1, 0.15) is 46.8 Å². The molecule has 1 aromatic heterocycles. The first-order valence-corrected chi connectivity index (χ1v) is 9.09. The molecular formula is C18H22N2O3S. The van der Waals surface area contributed by atoms with E-state index >= 15 is 0 Å². The van der Waals surface area contributed by atoms with Gasteiger partial charge in [0.2, 0.25) is 0 Å². The lowest BCUT2D eigenvalue weighted by Crippen LogP contribution is -2.38. The van der Waals surface area contributed by atoms with Crippen molar-refractivity contribution in [2.24, 2.45) is 0 Å². The maximum absolute atomic E-state index is 13.0. The number of aromatic nitrogens is 1. The zero-order valence-corrected chi connectivity index (χ0v) is 14.8. The third-order valence-electron chi connectivity index (χ3n) is 4.38. The molecule has 1 amide bonds. The van der Waals surface area contributed by atoms with Gasteiger partial charge in [0.1, 0.15) is 5.56 Å². The van der Waals surface area contributed by atoms with Crippen molar-refractivity contribution < 1.29 is 14.4 Å². The Hall–Kier alpha value is -1.79. The third kappa shape index (κ3) is 3.35. The summed E-state index contributed by atoms with van der Waals surface area (Å²) in [6.07, 6.45) is 1.77. The summed E-state index contributed by atoms with van der Waals surface area (Å²) >= 11 is 1.64. The fourth-order valence-corrected chi connectivity index (χ4v) is 4.11. The molecule has 3 rings (SSSR count). The van der Waals surface area contributed by atoms with Crippen LogP contribution in [-0.4, -0.2) is 40.3 Å². The highest BCUT2D eigenvalue weighted by molar-refractivity contribution is 7.99. The molecule has 1 aliphatic rings. The van der Waals surface area contributed by atoms with Crippen molar-refractivity contribution in [2.45, 2.75) is 42.9 Å². The normalized spacial score (nSPS) is 18.8. The Labute approximate surface area is 146 Å². The first-order valence-electron chi connectivity index (χ1n) is 8.21. The number of thioether (sulfide) groups is 1. The SMILES string of the molecule is Cc1noc([C@H](C)Sc2ccccc2)c1C(=O)N1CCC[C@H]1CO. The molecule has 6 heteroatoms. The quantitative estimate of drug-likeness (QED) is 0.840. The fourth-order valence-electron chi connectivity index (χ4n) is 3.12. The molecule has 0 bridgehead atoms. The van der Waals surface area contributed by atoms with Crippen LogP contribution in [-0.2, 0) is 0 Å². The van der Waals surface area contributed by atoms with Crippen LogP contribution in [0.4, 0.5) is 0 Å². The van der Waals surface area contributed by atoms with Gasteiger partial charge in [-0.05, 0) is 38.8 Å². The molecule has 2 heterocycles. The lowest BCUT2D eigenvalue weighted by molar-refractivity contribution is 0.0674. The standard InChI is InChI=1S/C18H22N2O3S/c1-12-16(18(22)20-10-6-7-14(20)11-21)17(23-19-12)13(2)24-15-8-4-3-5-9-15/h3-5,8-9,13-14,21H,6-7,10-11H2,1-2H3/t13-,14-/m0/s1. The third-order valence-corrected chi connectivity index (χ3v) is 5.49. The van der Waals surface area contributed by atoms with Crippen LogP contribution in [0.25, 0.3) is 0 Å². The highest BCUT2D eigenvalue weighted by Gasteiger charge is 2.34. The van der Waals surface area contributed by atoms with Gasteiger partial charge in [-0.1, -0.05) is 23.4 Å². The molecule has 0 unspecified atom stereocenters. The van der Waals surface area contributed by atoms with E-state index in [0.29, 0.717) is 23.6 Å². The van der Waals surface area contributed by atoms with E-state index in [1.807, 2.05) is 37.3 Å². The number of carbonyl (C=O) groups is 1. The Bertz CT molecular complexity index is 702. The van der Waals surface area contributed by atoms with Crippen LogP contribution < -0.4 is 0 Å².